The molecule has 5 heteroatoms. The number of furan rings is 1. The van der Waals surface area contributed by atoms with Crippen molar-refractivity contribution in [3.63, 3.8) is 0 Å². The maximum atomic E-state index is 7.02. The molecule has 0 N–H and O–H groups in total. The van der Waals surface area contributed by atoms with Gasteiger partial charge in [-0.25, -0.2) is 9.97 Å². The van der Waals surface area contributed by atoms with Crippen molar-refractivity contribution in [3.05, 3.63) is 194 Å². The smallest absolute Gasteiger partial charge is 0.180 e. The second kappa shape index (κ2) is 12.4. The molecule has 0 amide bonds. The lowest BCUT2D eigenvalue weighted by molar-refractivity contribution is 0.668. The molecule has 0 saturated carbocycles. The Kier molecular flexibility index (Phi) is 6.86. The van der Waals surface area contributed by atoms with Crippen LogP contribution in [0.15, 0.2) is 199 Å². The van der Waals surface area contributed by atoms with E-state index in [1.165, 1.54) is 21.5 Å². The molecule has 4 aromatic heterocycles. The van der Waals surface area contributed by atoms with Crippen molar-refractivity contribution in [1.82, 2.24) is 19.1 Å². The normalized spacial score (nSPS) is 11.9. The first kappa shape index (κ1) is 31.6. The maximum Gasteiger partial charge on any atom is 0.180 e. The average Bonchev–Trinajstić information content (AvgIpc) is 3.94. The highest BCUT2D eigenvalue weighted by atomic mass is 16.3. The van der Waals surface area contributed by atoms with Gasteiger partial charge in [-0.15, -0.1) is 0 Å². The Hall–Kier alpha value is -7.76. The van der Waals surface area contributed by atoms with Gasteiger partial charge in [0.15, 0.2) is 11.4 Å². The Morgan fingerprint density at radius 3 is 1.33 bits per heavy atom. The minimum Gasteiger partial charge on any atom is -0.451 e. The van der Waals surface area contributed by atoms with Crippen molar-refractivity contribution in [1.29, 1.82) is 0 Å². The van der Waals surface area contributed by atoms with E-state index in [1.807, 2.05) is 36.4 Å². The van der Waals surface area contributed by atoms with Gasteiger partial charge in [-0.05, 0) is 54.1 Å². The number of hydrogen-bond donors (Lipinski definition) is 0. The molecule has 0 atom stereocenters. The highest BCUT2D eigenvalue weighted by Crippen LogP contribution is 2.42. The molecule has 0 spiro atoms. The van der Waals surface area contributed by atoms with E-state index in [0.717, 1.165) is 77.9 Å². The molecule has 0 aliphatic carbocycles. The first-order valence-corrected chi connectivity index (χ1v) is 19.3. The highest BCUT2D eigenvalue weighted by Gasteiger charge is 2.22. The Balaban J connectivity index is 1.18. The summed E-state index contributed by atoms with van der Waals surface area (Å²) in [4.78, 5) is 10.3. The molecule has 4 heterocycles. The molecular formula is C52H32N4O. The van der Waals surface area contributed by atoms with Gasteiger partial charge >= 0.3 is 0 Å². The first-order valence-electron chi connectivity index (χ1n) is 19.3. The zero-order valence-corrected chi connectivity index (χ0v) is 30.7. The van der Waals surface area contributed by atoms with Crippen LogP contribution in [0.5, 0.6) is 0 Å². The van der Waals surface area contributed by atoms with E-state index in [-0.39, 0.29) is 0 Å². The number of hydrogen-bond acceptors (Lipinski definition) is 3. The summed E-state index contributed by atoms with van der Waals surface area (Å²) < 4.78 is 11.8. The van der Waals surface area contributed by atoms with Gasteiger partial charge in [0, 0.05) is 55.0 Å². The lowest BCUT2D eigenvalue weighted by atomic mass is 10.0. The van der Waals surface area contributed by atoms with Crippen LogP contribution in [-0.2, 0) is 0 Å². The molecule has 5 nitrogen and oxygen atoms in total. The number of benzene rings is 8. The van der Waals surface area contributed by atoms with Crippen molar-refractivity contribution in [3.8, 4) is 45.1 Å². The summed E-state index contributed by atoms with van der Waals surface area (Å²) in [6.07, 6.45) is 0. The van der Waals surface area contributed by atoms with Crippen LogP contribution in [-0.4, -0.2) is 19.1 Å². The number of para-hydroxylation sites is 5. The van der Waals surface area contributed by atoms with Crippen molar-refractivity contribution in [2.24, 2.45) is 0 Å². The second-order valence-corrected chi connectivity index (χ2v) is 14.6. The van der Waals surface area contributed by atoms with E-state index in [9.17, 15) is 0 Å². The predicted octanol–water partition coefficient (Wildman–Crippen LogP) is 13.6. The van der Waals surface area contributed by atoms with E-state index in [1.54, 1.807) is 0 Å². The van der Waals surface area contributed by atoms with Crippen molar-refractivity contribution in [2.75, 3.05) is 0 Å². The number of nitrogens with zero attached hydrogens (tertiary/aromatic N) is 4. The van der Waals surface area contributed by atoms with E-state index < -0.39 is 0 Å². The summed E-state index contributed by atoms with van der Waals surface area (Å²) in [6.45, 7) is 0. The third-order valence-electron chi connectivity index (χ3n) is 11.3. The number of rotatable bonds is 5. The third-order valence-corrected chi connectivity index (χ3v) is 11.3. The van der Waals surface area contributed by atoms with Crippen LogP contribution in [0, 0.1) is 0 Å². The lowest BCUT2D eigenvalue weighted by Gasteiger charge is -2.16. The molecule has 8 aromatic carbocycles. The predicted molar refractivity (Wildman–Crippen MR) is 234 cm³/mol. The third kappa shape index (κ3) is 4.82. The minimum absolute atomic E-state index is 0.664. The van der Waals surface area contributed by atoms with Crippen LogP contribution >= 0.6 is 0 Å². The minimum atomic E-state index is 0.664. The summed E-state index contributed by atoms with van der Waals surface area (Å²) in [5, 5.41) is 5.82. The molecular weight excluding hydrogens is 697 g/mol. The molecule has 0 aliphatic rings. The van der Waals surface area contributed by atoms with Crippen LogP contribution in [0.25, 0.3) is 111 Å². The van der Waals surface area contributed by atoms with Crippen molar-refractivity contribution < 1.29 is 4.42 Å². The Morgan fingerprint density at radius 2 is 0.807 bits per heavy atom. The summed E-state index contributed by atoms with van der Waals surface area (Å²) >= 11 is 0. The molecule has 57 heavy (non-hydrogen) atoms. The van der Waals surface area contributed by atoms with Gasteiger partial charge in [0.05, 0.1) is 22.1 Å². The number of aromatic nitrogens is 4. The molecule has 12 aromatic rings. The Labute approximate surface area is 327 Å². The fourth-order valence-electron chi connectivity index (χ4n) is 8.81. The van der Waals surface area contributed by atoms with Crippen LogP contribution in [0.1, 0.15) is 0 Å². The van der Waals surface area contributed by atoms with E-state index in [2.05, 4.69) is 167 Å². The molecule has 0 aliphatic heterocycles. The summed E-state index contributed by atoms with van der Waals surface area (Å²) in [6, 6.07) is 68.5. The maximum absolute atomic E-state index is 7.02. The Bertz CT molecular complexity index is 3280. The van der Waals surface area contributed by atoms with Crippen LogP contribution in [0.2, 0.25) is 0 Å². The topological polar surface area (TPSA) is 48.8 Å². The Morgan fingerprint density at radius 1 is 0.351 bits per heavy atom. The molecule has 0 radical (unpaired) electrons. The van der Waals surface area contributed by atoms with E-state index >= 15 is 0 Å². The van der Waals surface area contributed by atoms with E-state index in [0.29, 0.717) is 11.4 Å². The summed E-state index contributed by atoms with van der Waals surface area (Å²) in [5.41, 5.74) is 13.7. The SMILES string of the molecule is c1ccc(-c2nc(-c3ccccc3)c3oc4c(-c5cc(-n6c7ccccc7c7ccccc76)cc(-n6c7ccccc7c7ccccc76)c5)cccc4c3n2)cc1. The fraction of sp³-hybridized carbons (Fsp3) is 0. The highest BCUT2D eigenvalue weighted by molar-refractivity contribution is 6.13. The standard InChI is InChI=1S/C52H32N4O/c1-3-16-33(17-4-1)48-51-49(54-52(53-48)34-18-5-2-6-19-34)43-25-15-24-38(50(43)57-51)35-30-36(55-44-26-11-7-20-39(44)40-21-8-12-27-45(40)55)32-37(31-35)56-46-28-13-9-22-41(46)42-23-10-14-29-47(42)56/h1-32H. The fourth-order valence-corrected chi connectivity index (χ4v) is 8.81. The molecule has 12 rings (SSSR count). The first-order chi connectivity index (χ1) is 28.3. The van der Waals surface area contributed by atoms with Crippen molar-refractivity contribution >= 4 is 65.7 Å². The van der Waals surface area contributed by atoms with E-state index in [4.69, 9.17) is 14.4 Å². The number of fused-ring (bicyclic) bond motifs is 9. The average molecular weight is 729 g/mol. The van der Waals surface area contributed by atoms with Gasteiger partial charge in [0.2, 0.25) is 0 Å². The zero-order valence-electron chi connectivity index (χ0n) is 30.7. The van der Waals surface area contributed by atoms with Gasteiger partial charge in [0.1, 0.15) is 16.8 Å². The molecule has 0 saturated heterocycles. The van der Waals surface area contributed by atoms with Crippen LogP contribution < -0.4 is 0 Å². The molecule has 0 fully saturated rings. The molecule has 0 unspecified atom stereocenters. The van der Waals surface area contributed by atoms with Gasteiger partial charge in [-0.3, -0.25) is 0 Å². The van der Waals surface area contributed by atoms with Crippen LogP contribution in [0.3, 0.4) is 0 Å². The lowest BCUT2D eigenvalue weighted by Crippen LogP contribution is -2.00. The quantitative estimate of drug-likeness (QED) is 0.177. The van der Waals surface area contributed by atoms with Crippen LogP contribution in [0.4, 0.5) is 0 Å². The largest absolute Gasteiger partial charge is 0.451 e. The van der Waals surface area contributed by atoms with Gasteiger partial charge < -0.3 is 13.6 Å². The summed E-state index contributed by atoms with van der Waals surface area (Å²) in [7, 11) is 0. The van der Waals surface area contributed by atoms with Gasteiger partial charge in [-0.2, -0.15) is 0 Å². The van der Waals surface area contributed by atoms with Crippen molar-refractivity contribution in [2.45, 2.75) is 0 Å². The second-order valence-electron chi connectivity index (χ2n) is 14.6. The molecule has 266 valence electrons. The molecule has 0 bridgehead atoms. The van der Waals surface area contributed by atoms with Gasteiger partial charge in [0.25, 0.3) is 0 Å². The van der Waals surface area contributed by atoms with Gasteiger partial charge in [-0.1, -0.05) is 146 Å². The summed E-state index contributed by atoms with van der Waals surface area (Å²) in [5.74, 6) is 0.664. The zero-order chi connectivity index (χ0) is 37.5. The monoisotopic (exact) mass is 728 g/mol.